The number of thiophene rings is 1. The second-order valence-electron chi connectivity index (χ2n) is 5.60. The lowest BCUT2D eigenvalue weighted by Gasteiger charge is -2.18. The highest BCUT2D eigenvalue weighted by molar-refractivity contribution is 7.09. The number of nitrogens with one attached hydrogen (secondary N) is 1. The van der Waals surface area contributed by atoms with Gasteiger partial charge in [-0.05, 0) is 30.0 Å². The fourth-order valence-corrected chi connectivity index (χ4v) is 3.29. The van der Waals surface area contributed by atoms with Crippen molar-refractivity contribution in [1.82, 2.24) is 5.32 Å². The quantitative estimate of drug-likeness (QED) is 0.804. The number of ether oxygens (including phenoxy) is 1. The molecule has 1 aromatic carbocycles. The first-order valence-corrected chi connectivity index (χ1v) is 8.88. The van der Waals surface area contributed by atoms with Crippen LogP contribution in [0.4, 0.5) is 5.69 Å². The van der Waals surface area contributed by atoms with E-state index >= 15 is 0 Å². The molecule has 3 rings (SSSR count). The summed E-state index contributed by atoms with van der Waals surface area (Å²) in [5.74, 6) is -0.980. The molecule has 6 nitrogen and oxygen atoms in total. The van der Waals surface area contributed by atoms with Crippen LogP contribution in [0.3, 0.4) is 0 Å². The molecule has 0 saturated carbocycles. The maximum atomic E-state index is 12.3. The molecule has 2 aromatic rings. The van der Waals surface area contributed by atoms with Crippen LogP contribution in [0.2, 0.25) is 0 Å². The first-order valence-electron chi connectivity index (χ1n) is 8.01. The van der Waals surface area contributed by atoms with Crippen LogP contribution in [-0.4, -0.2) is 30.9 Å². The average molecular weight is 358 g/mol. The molecule has 1 aromatic heterocycles. The minimum atomic E-state index is -0.610. The number of rotatable bonds is 6. The van der Waals surface area contributed by atoms with Crippen molar-refractivity contribution < 1.29 is 19.1 Å². The summed E-state index contributed by atoms with van der Waals surface area (Å²) in [7, 11) is 0. The van der Waals surface area contributed by atoms with Crippen LogP contribution >= 0.6 is 11.3 Å². The fraction of sp³-hybridized carbons (Fsp3) is 0.278. The third kappa shape index (κ3) is 4.24. The zero-order valence-corrected chi connectivity index (χ0v) is 14.4. The molecule has 0 spiro atoms. The first-order chi connectivity index (χ1) is 12.1. The minimum Gasteiger partial charge on any atom is -0.452 e. The molecular weight excluding hydrogens is 340 g/mol. The standard InChI is InChI=1S/C18H18N2O4S/c21-16(19-11-13-5-4-10-25-13)12-24-18(23)14-6-1-2-7-15(14)20-9-3-8-17(20)22/h1-2,4-7,10H,3,8-9,11-12H2,(H,19,21). The topological polar surface area (TPSA) is 75.7 Å². The molecule has 0 unspecified atom stereocenters. The number of carbonyl (C=O) groups excluding carboxylic acids is 3. The van der Waals surface area contributed by atoms with Gasteiger partial charge in [-0.2, -0.15) is 0 Å². The van der Waals surface area contributed by atoms with E-state index in [1.54, 1.807) is 40.5 Å². The monoisotopic (exact) mass is 358 g/mol. The van der Waals surface area contributed by atoms with Gasteiger partial charge in [0.15, 0.2) is 6.61 Å². The lowest BCUT2D eigenvalue weighted by Crippen LogP contribution is -2.29. The van der Waals surface area contributed by atoms with Crippen molar-refractivity contribution in [3.8, 4) is 0 Å². The summed E-state index contributed by atoms with van der Waals surface area (Å²) in [5, 5.41) is 4.63. The normalized spacial score (nSPS) is 13.8. The number of esters is 1. The lowest BCUT2D eigenvalue weighted by molar-refractivity contribution is -0.124. The Morgan fingerprint density at radius 1 is 1.20 bits per heavy atom. The van der Waals surface area contributed by atoms with Crippen LogP contribution in [0, 0.1) is 0 Å². The number of amides is 2. The van der Waals surface area contributed by atoms with Crippen molar-refractivity contribution in [3.05, 3.63) is 52.2 Å². The van der Waals surface area contributed by atoms with Crippen molar-refractivity contribution in [1.29, 1.82) is 0 Å². The van der Waals surface area contributed by atoms with Gasteiger partial charge in [0.25, 0.3) is 5.91 Å². The molecule has 1 aliphatic rings. The molecule has 1 aliphatic heterocycles. The Bertz CT molecular complexity index is 773. The average Bonchev–Trinajstić information content (AvgIpc) is 3.29. The number of benzene rings is 1. The van der Waals surface area contributed by atoms with Crippen LogP contribution in [0.25, 0.3) is 0 Å². The molecule has 1 fully saturated rings. The van der Waals surface area contributed by atoms with Gasteiger partial charge >= 0.3 is 5.97 Å². The maximum absolute atomic E-state index is 12.3. The Kier molecular flexibility index (Phi) is 5.45. The van der Waals surface area contributed by atoms with E-state index in [4.69, 9.17) is 4.74 Å². The summed E-state index contributed by atoms with van der Waals surface area (Å²) in [6.45, 7) is 0.643. The summed E-state index contributed by atoms with van der Waals surface area (Å²) < 4.78 is 5.11. The van der Waals surface area contributed by atoms with Gasteiger partial charge in [0, 0.05) is 17.8 Å². The van der Waals surface area contributed by atoms with E-state index in [-0.39, 0.29) is 18.4 Å². The number of nitrogens with zero attached hydrogens (tertiary/aromatic N) is 1. The molecule has 2 amide bonds. The highest BCUT2D eigenvalue weighted by Crippen LogP contribution is 2.25. The van der Waals surface area contributed by atoms with Crippen LogP contribution in [-0.2, 0) is 20.9 Å². The van der Waals surface area contributed by atoms with Gasteiger partial charge in [0.2, 0.25) is 5.91 Å². The Hall–Kier alpha value is -2.67. The van der Waals surface area contributed by atoms with E-state index < -0.39 is 5.97 Å². The highest BCUT2D eigenvalue weighted by atomic mass is 32.1. The molecule has 25 heavy (non-hydrogen) atoms. The van der Waals surface area contributed by atoms with E-state index in [1.165, 1.54) is 0 Å². The van der Waals surface area contributed by atoms with Crippen molar-refractivity contribution in [3.63, 3.8) is 0 Å². The van der Waals surface area contributed by atoms with Gasteiger partial charge in [0.05, 0.1) is 17.8 Å². The smallest absolute Gasteiger partial charge is 0.340 e. The largest absolute Gasteiger partial charge is 0.452 e. The van der Waals surface area contributed by atoms with Crippen molar-refractivity contribution >= 4 is 34.8 Å². The molecule has 2 heterocycles. The third-order valence-electron chi connectivity index (χ3n) is 3.86. The summed E-state index contributed by atoms with van der Waals surface area (Å²) in [5.41, 5.74) is 0.831. The predicted molar refractivity (Wildman–Crippen MR) is 94.5 cm³/mol. The third-order valence-corrected chi connectivity index (χ3v) is 4.74. The Morgan fingerprint density at radius 2 is 2.04 bits per heavy atom. The summed E-state index contributed by atoms with van der Waals surface area (Å²) in [6, 6.07) is 10.6. The summed E-state index contributed by atoms with van der Waals surface area (Å²) in [6.07, 6.45) is 1.25. The molecule has 1 saturated heterocycles. The minimum absolute atomic E-state index is 0.00561. The SMILES string of the molecule is O=C(COC(=O)c1ccccc1N1CCCC1=O)NCc1cccs1. The molecule has 0 aliphatic carbocycles. The maximum Gasteiger partial charge on any atom is 0.340 e. The van der Waals surface area contributed by atoms with Crippen LogP contribution < -0.4 is 10.2 Å². The van der Waals surface area contributed by atoms with Crippen molar-refractivity contribution in [2.75, 3.05) is 18.1 Å². The number of hydrogen-bond donors (Lipinski definition) is 1. The molecule has 130 valence electrons. The molecule has 7 heteroatoms. The lowest BCUT2D eigenvalue weighted by atomic mass is 10.1. The summed E-state index contributed by atoms with van der Waals surface area (Å²) in [4.78, 5) is 38.7. The zero-order chi connectivity index (χ0) is 17.6. The van der Waals surface area contributed by atoms with E-state index in [1.807, 2.05) is 17.5 Å². The van der Waals surface area contributed by atoms with Crippen molar-refractivity contribution in [2.24, 2.45) is 0 Å². The second kappa shape index (κ2) is 7.94. The van der Waals surface area contributed by atoms with Crippen LogP contribution in [0.5, 0.6) is 0 Å². The zero-order valence-electron chi connectivity index (χ0n) is 13.6. The Morgan fingerprint density at radius 3 is 2.76 bits per heavy atom. The molecule has 0 atom stereocenters. The fourth-order valence-electron chi connectivity index (χ4n) is 2.64. The van der Waals surface area contributed by atoms with Gasteiger partial charge in [-0.25, -0.2) is 4.79 Å². The van der Waals surface area contributed by atoms with Gasteiger partial charge in [-0.15, -0.1) is 11.3 Å². The highest BCUT2D eigenvalue weighted by Gasteiger charge is 2.26. The first kappa shape index (κ1) is 17.2. The molecular formula is C18H18N2O4S. The Labute approximate surface area is 149 Å². The van der Waals surface area contributed by atoms with Gasteiger partial charge in [-0.1, -0.05) is 18.2 Å². The number of para-hydroxylation sites is 1. The van der Waals surface area contributed by atoms with Gasteiger partial charge in [0.1, 0.15) is 0 Å². The Balaban J connectivity index is 1.58. The molecule has 1 N–H and O–H groups in total. The van der Waals surface area contributed by atoms with Gasteiger partial charge < -0.3 is 15.0 Å². The number of anilines is 1. The van der Waals surface area contributed by atoms with E-state index in [2.05, 4.69) is 5.32 Å². The van der Waals surface area contributed by atoms with Gasteiger partial charge in [-0.3, -0.25) is 9.59 Å². The van der Waals surface area contributed by atoms with Crippen LogP contribution in [0.15, 0.2) is 41.8 Å². The predicted octanol–water partition coefficient (Wildman–Crippen LogP) is 2.35. The second-order valence-corrected chi connectivity index (χ2v) is 6.63. The van der Waals surface area contributed by atoms with E-state index in [0.29, 0.717) is 30.8 Å². The molecule has 0 radical (unpaired) electrons. The number of carbonyl (C=O) groups is 3. The van der Waals surface area contributed by atoms with Crippen LogP contribution in [0.1, 0.15) is 28.1 Å². The van der Waals surface area contributed by atoms with E-state index in [9.17, 15) is 14.4 Å². The number of hydrogen-bond acceptors (Lipinski definition) is 5. The summed E-state index contributed by atoms with van der Waals surface area (Å²) >= 11 is 1.54. The van der Waals surface area contributed by atoms with E-state index in [0.717, 1.165) is 11.3 Å². The van der Waals surface area contributed by atoms with Crippen molar-refractivity contribution in [2.45, 2.75) is 19.4 Å². The molecule has 0 bridgehead atoms.